The van der Waals surface area contributed by atoms with E-state index < -0.39 is 29.1 Å². The lowest BCUT2D eigenvalue weighted by Gasteiger charge is -2.08. The Kier molecular flexibility index (Phi) is 4.87. The molecule has 2 N–H and O–H groups in total. The predicted molar refractivity (Wildman–Crippen MR) is 82.5 cm³/mol. The molecule has 2 rings (SSSR count). The van der Waals surface area contributed by atoms with Gasteiger partial charge in [0.15, 0.2) is 0 Å². The maximum absolute atomic E-state index is 13.4. The van der Waals surface area contributed by atoms with E-state index in [1.54, 1.807) is 18.2 Å². The highest BCUT2D eigenvalue weighted by molar-refractivity contribution is 9.10. The van der Waals surface area contributed by atoms with Crippen LogP contribution in [-0.2, 0) is 9.59 Å². The molecule has 0 radical (unpaired) electrons. The third-order valence-corrected chi connectivity index (χ3v) is 3.69. The van der Waals surface area contributed by atoms with Crippen molar-refractivity contribution in [1.29, 1.82) is 0 Å². The molecule has 0 aliphatic heterocycles. The maximum atomic E-state index is 13.4. The van der Waals surface area contributed by atoms with Gasteiger partial charge < -0.3 is 10.6 Å². The minimum Gasteiger partial charge on any atom is -0.318 e. The van der Waals surface area contributed by atoms with Crippen LogP contribution in [0.25, 0.3) is 0 Å². The molecule has 0 fully saturated rings. The maximum Gasteiger partial charge on any atom is 0.314 e. The summed E-state index contributed by atoms with van der Waals surface area (Å²) in [5.74, 6) is -3.63. The second-order valence-electron chi connectivity index (χ2n) is 4.50. The Bertz CT molecular complexity index is 750. The third kappa shape index (κ3) is 3.88. The normalized spacial score (nSPS) is 10.2. The molecule has 0 saturated carbocycles. The minimum absolute atomic E-state index is 0.396. The monoisotopic (exact) mass is 368 g/mol. The van der Waals surface area contributed by atoms with E-state index in [-0.39, 0.29) is 0 Å². The number of aryl methyl sites for hydroxylation is 1. The zero-order valence-electron chi connectivity index (χ0n) is 11.4. The van der Waals surface area contributed by atoms with E-state index in [2.05, 4.69) is 21.2 Å². The van der Waals surface area contributed by atoms with Gasteiger partial charge in [-0.05, 0) is 42.8 Å². The van der Waals surface area contributed by atoms with Crippen LogP contribution in [0.5, 0.6) is 0 Å². The van der Waals surface area contributed by atoms with Crippen molar-refractivity contribution in [3.8, 4) is 0 Å². The zero-order valence-corrected chi connectivity index (χ0v) is 13.0. The summed E-state index contributed by atoms with van der Waals surface area (Å²) in [7, 11) is 0. The summed E-state index contributed by atoms with van der Waals surface area (Å²) in [6.45, 7) is 1.82. The molecule has 2 aromatic carbocycles. The van der Waals surface area contributed by atoms with Gasteiger partial charge in [0.25, 0.3) is 0 Å². The second kappa shape index (κ2) is 6.65. The van der Waals surface area contributed by atoms with Gasteiger partial charge in [-0.2, -0.15) is 0 Å². The van der Waals surface area contributed by atoms with E-state index in [4.69, 9.17) is 0 Å². The number of benzene rings is 2. The minimum atomic E-state index is -1.09. The summed E-state index contributed by atoms with van der Waals surface area (Å²) in [4.78, 5) is 23.5. The average Bonchev–Trinajstić information content (AvgIpc) is 2.46. The van der Waals surface area contributed by atoms with Gasteiger partial charge in [-0.1, -0.05) is 15.9 Å². The van der Waals surface area contributed by atoms with Crippen molar-refractivity contribution in [3.05, 3.63) is 58.1 Å². The van der Waals surface area contributed by atoms with Crippen molar-refractivity contribution in [2.24, 2.45) is 0 Å². The highest BCUT2D eigenvalue weighted by Gasteiger charge is 2.16. The summed E-state index contributed by atoms with van der Waals surface area (Å²) in [6, 6.07) is 7.55. The number of halogens is 3. The van der Waals surface area contributed by atoms with Crippen LogP contribution >= 0.6 is 15.9 Å². The van der Waals surface area contributed by atoms with Gasteiger partial charge in [0.05, 0.1) is 5.69 Å². The second-order valence-corrected chi connectivity index (χ2v) is 5.35. The highest BCUT2D eigenvalue weighted by atomic mass is 79.9. The number of rotatable bonds is 2. The molecule has 0 unspecified atom stereocenters. The van der Waals surface area contributed by atoms with E-state index in [1.807, 2.05) is 12.2 Å². The molecule has 0 heterocycles. The van der Waals surface area contributed by atoms with Crippen molar-refractivity contribution in [3.63, 3.8) is 0 Å². The van der Waals surface area contributed by atoms with Crippen molar-refractivity contribution in [1.82, 2.24) is 0 Å². The first-order chi connectivity index (χ1) is 10.4. The van der Waals surface area contributed by atoms with Crippen LogP contribution in [0.4, 0.5) is 20.2 Å². The van der Waals surface area contributed by atoms with Gasteiger partial charge >= 0.3 is 11.8 Å². The molecule has 2 amide bonds. The van der Waals surface area contributed by atoms with Crippen LogP contribution in [0.2, 0.25) is 0 Å². The summed E-state index contributed by atoms with van der Waals surface area (Å²) < 4.78 is 27.3. The Balaban J connectivity index is 2.07. The van der Waals surface area contributed by atoms with Crippen LogP contribution in [0, 0.1) is 18.6 Å². The van der Waals surface area contributed by atoms with E-state index in [9.17, 15) is 18.4 Å². The Labute approximate surface area is 133 Å². The molecule has 114 valence electrons. The van der Waals surface area contributed by atoms with Gasteiger partial charge in [0, 0.05) is 16.2 Å². The summed E-state index contributed by atoms with van der Waals surface area (Å²) in [5.41, 5.74) is 0.891. The number of nitrogens with one attached hydrogen (secondary N) is 2. The number of carbonyl (C=O) groups is 2. The largest absolute Gasteiger partial charge is 0.318 e. The number of hydrogen-bond donors (Lipinski definition) is 2. The first-order valence-electron chi connectivity index (χ1n) is 6.20. The number of anilines is 2. The van der Waals surface area contributed by atoms with Crippen molar-refractivity contribution in [2.45, 2.75) is 6.92 Å². The molecular weight excluding hydrogens is 358 g/mol. The van der Waals surface area contributed by atoms with E-state index in [0.29, 0.717) is 5.69 Å². The molecule has 0 aliphatic carbocycles. The van der Waals surface area contributed by atoms with E-state index in [0.717, 1.165) is 28.2 Å². The van der Waals surface area contributed by atoms with Crippen molar-refractivity contribution < 1.29 is 18.4 Å². The smallest absolute Gasteiger partial charge is 0.314 e. The molecule has 0 saturated heterocycles. The predicted octanol–water partition coefficient (Wildman–Crippen LogP) is 3.61. The highest BCUT2D eigenvalue weighted by Crippen LogP contribution is 2.20. The van der Waals surface area contributed by atoms with E-state index in [1.165, 1.54) is 0 Å². The van der Waals surface area contributed by atoms with Crippen LogP contribution in [-0.4, -0.2) is 11.8 Å². The summed E-state index contributed by atoms with van der Waals surface area (Å²) >= 11 is 3.31. The molecule has 0 bridgehead atoms. The fourth-order valence-corrected chi connectivity index (χ4v) is 1.93. The standard InChI is InChI=1S/C15H11BrF2N2O2/c1-8-6-10(3-4-11(8)16)19-14(21)15(22)20-13-7-9(17)2-5-12(13)18/h2-7H,1H3,(H,19,21)(H,20,22). The first-order valence-corrected chi connectivity index (χ1v) is 6.99. The van der Waals surface area contributed by atoms with Gasteiger partial charge in [0.2, 0.25) is 0 Å². The molecule has 2 aromatic rings. The van der Waals surface area contributed by atoms with Gasteiger partial charge in [-0.25, -0.2) is 8.78 Å². The average molecular weight is 369 g/mol. The molecular formula is C15H11BrF2N2O2. The van der Waals surface area contributed by atoms with Gasteiger partial charge in [0.1, 0.15) is 11.6 Å². The Morgan fingerprint density at radius 2 is 1.68 bits per heavy atom. The van der Waals surface area contributed by atoms with Crippen molar-refractivity contribution >= 4 is 39.1 Å². The number of hydrogen-bond acceptors (Lipinski definition) is 2. The van der Waals surface area contributed by atoms with Gasteiger partial charge in [-0.3, -0.25) is 9.59 Å². The molecule has 0 spiro atoms. The number of carbonyl (C=O) groups excluding carboxylic acids is 2. The molecule has 0 aromatic heterocycles. The Hall–Kier alpha value is -2.28. The first kappa shape index (κ1) is 16.1. The van der Waals surface area contributed by atoms with E-state index >= 15 is 0 Å². The molecule has 4 nitrogen and oxygen atoms in total. The number of amides is 2. The molecule has 22 heavy (non-hydrogen) atoms. The Morgan fingerprint density at radius 3 is 2.36 bits per heavy atom. The van der Waals surface area contributed by atoms with Crippen molar-refractivity contribution in [2.75, 3.05) is 10.6 Å². The molecule has 7 heteroatoms. The lowest BCUT2D eigenvalue weighted by Crippen LogP contribution is -2.29. The van der Waals surface area contributed by atoms with Crippen LogP contribution in [0.3, 0.4) is 0 Å². The SMILES string of the molecule is Cc1cc(NC(=O)C(=O)Nc2cc(F)ccc2F)ccc1Br. The summed E-state index contributed by atoms with van der Waals surface area (Å²) in [5, 5.41) is 4.40. The zero-order chi connectivity index (χ0) is 16.3. The summed E-state index contributed by atoms with van der Waals surface area (Å²) in [6.07, 6.45) is 0. The fraction of sp³-hybridized carbons (Fsp3) is 0.0667. The lowest BCUT2D eigenvalue weighted by atomic mass is 10.2. The van der Waals surface area contributed by atoms with Crippen LogP contribution < -0.4 is 10.6 Å². The van der Waals surface area contributed by atoms with Gasteiger partial charge in [-0.15, -0.1) is 0 Å². The van der Waals surface area contributed by atoms with Crippen LogP contribution in [0.1, 0.15) is 5.56 Å². The molecule has 0 aliphatic rings. The quantitative estimate of drug-likeness (QED) is 0.795. The fourth-order valence-electron chi connectivity index (χ4n) is 1.68. The lowest BCUT2D eigenvalue weighted by molar-refractivity contribution is -0.133. The van der Waals surface area contributed by atoms with Crippen LogP contribution in [0.15, 0.2) is 40.9 Å². The third-order valence-electron chi connectivity index (χ3n) is 2.80. The molecule has 0 atom stereocenters. The topological polar surface area (TPSA) is 58.2 Å². The Morgan fingerprint density at radius 1 is 1.00 bits per heavy atom.